The molecule has 106 valence electrons. The molecule has 0 aliphatic carbocycles. The number of hydrogen-bond acceptors (Lipinski definition) is 2. The Balaban J connectivity index is 2.19. The zero-order valence-corrected chi connectivity index (χ0v) is 14.7. The Kier molecular flexibility index (Phi) is 5.64. The fraction of sp³-hybridized carbons (Fsp3) is 0.250. The summed E-state index contributed by atoms with van der Waals surface area (Å²) in [6, 6.07) is 14.4. The minimum absolute atomic E-state index is 0.317. The van der Waals surface area contributed by atoms with Gasteiger partial charge in [0.1, 0.15) is 11.5 Å². The normalized spacial score (nSPS) is 12.2. The monoisotopic (exact) mass is 397 g/mol. The van der Waals surface area contributed by atoms with Gasteiger partial charge in [0.2, 0.25) is 0 Å². The van der Waals surface area contributed by atoms with Crippen LogP contribution in [0.4, 0.5) is 0 Å². The van der Waals surface area contributed by atoms with Gasteiger partial charge in [-0.1, -0.05) is 35.0 Å². The fourth-order valence-corrected chi connectivity index (χ4v) is 3.08. The highest BCUT2D eigenvalue weighted by Gasteiger charge is 2.07. The molecule has 0 spiro atoms. The maximum absolute atomic E-state index is 5.94. The molecule has 0 bridgehead atoms. The molecule has 1 atom stereocenters. The molecule has 0 saturated heterocycles. The lowest BCUT2D eigenvalue weighted by atomic mass is 10.1. The standard InChI is InChI=1S/C16H17Br2NO/c1-3-19-11(2)12-5-4-6-14(9-12)20-16-8-7-13(17)10-15(16)18/h4-11,19H,3H2,1-2H3. The lowest BCUT2D eigenvalue weighted by Crippen LogP contribution is -2.17. The molecular weight excluding hydrogens is 382 g/mol. The summed E-state index contributed by atoms with van der Waals surface area (Å²) >= 11 is 6.95. The molecule has 1 unspecified atom stereocenters. The Morgan fingerprint density at radius 1 is 1.15 bits per heavy atom. The van der Waals surface area contributed by atoms with E-state index in [-0.39, 0.29) is 0 Å². The molecule has 0 fully saturated rings. The molecule has 2 rings (SSSR count). The first kappa shape index (κ1) is 15.5. The highest BCUT2D eigenvalue weighted by molar-refractivity contribution is 9.11. The van der Waals surface area contributed by atoms with Crippen LogP contribution in [0.3, 0.4) is 0 Å². The summed E-state index contributed by atoms with van der Waals surface area (Å²) in [5.74, 6) is 1.65. The van der Waals surface area contributed by atoms with Gasteiger partial charge in [0.25, 0.3) is 0 Å². The summed E-state index contributed by atoms with van der Waals surface area (Å²) < 4.78 is 7.89. The van der Waals surface area contributed by atoms with Gasteiger partial charge in [-0.15, -0.1) is 0 Å². The summed E-state index contributed by atoms with van der Waals surface area (Å²) in [5, 5.41) is 3.40. The number of nitrogens with one attached hydrogen (secondary N) is 1. The first-order valence-electron chi connectivity index (χ1n) is 6.56. The van der Waals surface area contributed by atoms with Crippen LogP contribution in [0.25, 0.3) is 0 Å². The lowest BCUT2D eigenvalue weighted by molar-refractivity contribution is 0.477. The maximum atomic E-state index is 5.94. The van der Waals surface area contributed by atoms with Crippen LogP contribution < -0.4 is 10.1 Å². The lowest BCUT2D eigenvalue weighted by Gasteiger charge is -2.14. The van der Waals surface area contributed by atoms with Gasteiger partial charge in [0.15, 0.2) is 0 Å². The van der Waals surface area contributed by atoms with Gasteiger partial charge in [-0.25, -0.2) is 0 Å². The van der Waals surface area contributed by atoms with E-state index < -0.39 is 0 Å². The molecule has 0 aromatic heterocycles. The number of ether oxygens (including phenoxy) is 1. The number of benzene rings is 2. The third-order valence-corrected chi connectivity index (χ3v) is 4.10. The molecule has 0 heterocycles. The van der Waals surface area contributed by atoms with Crippen LogP contribution in [0, 0.1) is 0 Å². The average molecular weight is 399 g/mol. The van der Waals surface area contributed by atoms with E-state index in [0.717, 1.165) is 27.0 Å². The second-order valence-electron chi connectivity index (χ2n) is 4.53. The fourth-order valence-electron chi connectivity index (χ4n) is 1.96. The average Bonchev–Trinajstić information content (AvgIpc) is 2.43. The minimum Gasteiger partial charge on any atom is -0.456 e. The van der Waals surface area contributed by atoms with Crippen molar-refractivity contribution in [3.63, 3.8) is 0 Å². The van der Waals surface area contributed by atoms with E-state index in [1.165, 1.54) is 5.56 Å². The molecule has 0 aliphatic rings. The molecule has 4 heteroatoms. The van der Waals surface area contributed by atoms with Crippen molar-refractivity contribution in [2.75, 3.05) is 6.54 Å². The maximum Gasteiger partial charge on any atom is 0.141 e. The van der Waals surface area contributed by atoms with Crippen LogP contribution in [0.2, 0.25) is 0 Å². The number of halogens is 2. The Morgan fingerprint density at radius 2 is 1.95 bits per heavy atom. The Hall–Kier alpha value is -0.840. The van der Waals surface area contributed by atoms with Gasteiger partial charge in [-0.2, -0.15) is 0 Å². The van der Waals surface area contributed by atoms with Crippen molar-refractivity contribution in [1.82, 2.24) is 5.32 Å². The van der Waals surface area contributed by atoms with E-state index >= 15 is 0 Å². The summed E-state index contributed by atoms with van der Waals surface area (Å²) in [6.45, 7) is 5.21. The predicted octanol–water partition coefficient (Wildman–Crippen LogP) is 5.67. The first-order chi connectivity index (χ1) is 9.60. The van der Waals surface area contributed by atoms with Crippen LogP contribution in [0.15, 0.2) is 51.4 Å². The van der Waals surface area contributed by atoms with Crippen molar-refractivity contribution in [3.05, 3.63) is 57.0 Å². The Morgan fingerprint density at radius 3 is 2.65 bits per heavy atom. The van der Waals surface area contributed by atoms with E-state index in [1.54, 1.807) is 0 Å². The van der Waals surface area contributed by atoms with E-state index in [1.807, 2.05) is 30.3 Å². The van der Waals surface area contributed by atoms with Crippen LogP contribution in [0.1, 0.15) is 25.5 Å². The quantitative estimate of drug-likeness (QED) is 0.699. The summed E-state index contributed by atoms with van der Waals surface area (Å²) in [5.41, 5.74) is 1.22. The Labute approximate surface area is 136 Å². The van der Waals surface area contributed by atoms with Crippen LogP contribution in [-0.2, 0) is 0 Å². The molecule has 1 N–H and O–H groups in total. The second-order valence-corrected chi connectivity index (χ2v) is 6.30. The topological polar surface area (TPSA) is 21.3 Å². The summed E-state index contributed by atoms with van der Waals surface area (Å²) in [4.78, 5) is 0. The van der Waals surface area contributed by atoms with E-state index in [4.69, 9.17) is 4.74 Å². The van der Waals surface area contributed by atoms with E-state index in [9.17, 15) is 0 Å². The molecule has 2 aromatic rings. The predicted molar refractivity (Wildman–Crippen MR) is 90.4 cm³/mol. The Bertz CT molecular complexity index is 586. The molecule has 0 saturated carbocycles. The van der Waals surface area contributed by atoms with Crippen molar-refractivity contribution in [1.29, 1.82) is 0 Å². The smallest absolute Gasteiger partial charge is 0.141 e. The molecule has 2 nitrogen and oxygen atoms in total. The van der Waals surface area contributed by atoms with Gasteiger partial charge < -0.3 is 10.1 Å². The highest BCUT2D eigenvalue weighted by atomic mass is 79.9. The van der Waals surface area contributed by atoms with Crippen LogP contribution in [-0.4, -0.2) is 6.54 Å². The van der Waals surface area contributed by atoms with Gasteiger partial charge in [-0.3, -0.25) is 0 Å². The van der Waals surface area contributed by atoms with Crippen LogP contribution >= 0.6 is 31.9 Å². The van der Waals surface area contributed by atoms with E-state index in [0.29, 0.717) is 6.04 Å². The summed E-state index contributed by atoms with van der Waals surface area (Å²) in [6.07, 6.45) is 0. The van der Waals surface area contributed by atoms with Crippen molar-refractivity contribution in [3.8, 4) is 11.5 Å². The SMILES string of the molecule is CCNC(C)c1cccc(Oc2ccc(Br)cc2Br)c1. The minimum atomic E-state index is 0.317. The van der Waals surface area contributed by atoms with Gasteiger partial charge >= 0.3 is 0 Å². The van der Waals surface area contributed by atoms with Crippen molar-refractivity contribution in [2.45, 2.75) is 19.9 Å². The zero-order chi connectivity index (χ0) is 14.5. The van der Waals surface area contributed by atoms with Crippen molar-refractivity contribution < 1.29 is 4.74 Å². The van der Waals surface area contributed by atoms with Gasteiger partial charge in [0, 0.05) is 10.5 Å². The number of hydrogen-bond donors (Lipinski definition) is 1. The zero-order valence-electron chi connectivity index (χ0n) is 11.5. The van der Waals surface area contributed by atoms with Gasteiger partial charge in [0.05, 0.1) is 4.47 Å². The van der Waals surface area contributed by atoms with Crippen LogP contribution in [0.5, 0.6) is 11.5 Å². The molecule has 2 aromatic carbocycles. The van der Waals surface area contributed by atoms with Crippen molar-refractivity contribution in [2.24, 2.45) is 0 Å². The van der Waals surface area contributed by atoms with Crippen molar-refractivity contribution >= 4 is 31.9 Å². The highest BCUT2D eigenvalue weighted by Crippen LogP contribution is 2.32. The molecular formula is C16H17Br2NO. The number of rotatable bonds is 5. The third kappa shape index (κ3) is 4.08. The van der Waals surface area contributed by atoms with Gasteiger partial charge in [-0.05, 0) is 65.3 Å². The molecule has 0 amide bonds. The van der Waals surface area contributed by atoms with E-state index in [2.05, 4.69) is 63.2 Å². The molecule has 0 radical (unpaired) electrons. The second kappa shape index (κ2) is 7.25. The molecule has 20 heavy (non-hydrogen) atoms. The summed E-state index contributed by atoms with van der Waals surface area (Å²) in [7, 11) is 0. The molecule has 0 aliphatic heterocycles. The largest absolute Gasteiger partial charge is 0.456 e. The first-order valence-corrected chi connectivity index (χ1v) is 8.15. The third-order valence-electron chi connectivity index (χ3n) is 2.99.